The van der Waals surface area contributed by atoms with Crippen molar-refractivity contribution in [2.75, 3.05) is 6.54 Å². The van der Waals surface area contributed by atoms with Gasteiger partial charge in [0.05, 0.1) is 6.04 Å². The Labute approximate surface area is 172 Å². The van der Waals surface area contributed by atoms with Crippen molar-refractivity contribution in [1.29, 1.82) is 0 Å². The molecule has 168 valence electrons. The molecule has 0 aliphatic carbocycles. The monoisotopic (exact) mass is 415 g/mol. The minimum atomic E-state index is -1.18. The van der Waals surface area contributed by atoms with Gasteiger partial charge in [-0.3, -0.25) is 19.2 Å². The molecule has 4 unspecified atom stereocenters. The van der Waals surface area contributed by atoms with Gasteiger partial charge in [0.15, 0.2) is 0 Å². The van der Waals surface area contributed by atoms with Gasteiger partial charge < -0.3 is 32.5 Å². The highest BCUT2D eigenvalue weighted by atomic mass is 16.4. The van der Waals surface area contributed by atoms with Crippen LogP contribution < -0.4 is 27.4 Å². The first kappa shape index (κ1) is 26.8. The zero-order valence-electron chi connectivity index (χ0n) is 18.0. The summed E-state index contributed by atoms with van der Waals surface area (Å²) in [6.07, 6.45) is 1.93. The van der Waals surface area contributed by atoms with Crippen LogP contribution in [0.5, 0.6) is 0 Å². The molecule has 10 nitrogen and oxygen atoms in total. The normalized spacial score (nSPS) is 15.3. The molecule has 0 bridgehead atoms. The standard InChI is InChI=1S/C19H37N5O5/c1-10(2)14(17(26)22-12(5)19(28)29)24-18(27)15(11(3)4)23-16(25)13(21)8-6-7-9-20/h10-15H,6-9,20-21H2,1-5H3,(H,22,26)(H,23,25)(H,24,27)(H,28,29). The van der Waals surface area contributed by atoms with Crippen molar-refractivity contribution < 1.29 is 24.3 Å². The van der Waals surface area contributed by atoms with E-state index in [1.165, 1.54) is 6.92 Å². The maximum Gasteiger partial charge on any atom is 0.325 e. The highest BCUT2D eigenvalue weighted by Crippen LogP contribution is 2.08. The Morgan fingerprint density at radius 3 is 1.66 bits per heavy atom. The number of carbonyl (C=O) groups excluding carboxylic acids is 3. The van der Waals surface area contributed by atoms with Crippen molar-refractivity contribution in [2.45, 2.75) is 78.0 Å². The van der Waals surface area contributed by atoms with E-state index in [-0.39, 0.29) is 11.8 Å². The number of nitrogens with one attached hydrogen (secondary N) is 3. The number of nitrogens with two attached hydrogens (primary N) is 2. The number of hydrogen-bond donors (Lipinski definition) is 6. The first-order valence-electron chi connectivity index (χ1n) is 10.0. The van der Waals surface area contributed by atoms with Crippen molar-refractivity contribution in [3.63, 3.8) is 0 Å². The van der Waals surface area contributed by atoms with E-state index < -0.39 is 47.9 Å². The number of amides is 3. The quantitative estimate of drug-likeness (QED) is 0.216. The zero-order valence-corrected chi connectivity index (χ0v) is 18.0. The molecule has 0 aliphatic heterocycles. The van der Waals surface area contributed by atoms with Crippen molar-refractivity contribution in [2.24, 2.45) is 23.3 Å². The van der Waals surface area contributed by atoms with Crippen LogP contribution in [0, 0.1) is 11.8 Å². The molecule has 0 aromatic rings. The number of hydrogen-bond acceptors (Lipinski definition) is 6. The number of carboxylic acids is 1. The van der Waals surface area contributed by atoms with Crippen LogP contribution in [0.25, 0.3) is 0 Å². The van der Waals surface area contributed by atoms with Gasteiger partial charge in [0.1, 0.15) is 18.1 Å². The fraction of sp³-hybridized carbons (Fsp3) is 0.789. The summed E-state index contributed by atoms with van der Waals surface area (Å²) in [7, 11) is 0. The molecule has 0 rings (SSSR count). The van der Waals surface area contributed by atoms with Gasteiger partial charge in [0.25, 0.3) is 0 Å². The van der Waals surface area contributed by atoms with Gasteiger partial charge in [0, 0.05) is 0 Å². The Morgan fingerprint density at radius 2 is 1.24 bits per heavy atom. The smallest absolute Gasteiger partial charge is 0.325 e. The summed E-state index contributed by atoms with van der Waals surface area (Å²) in [5, 5.41) is 16.6. The Bertz CT molecular complexity index is 567. The predicted octanol–water partition coefficient (Wildman–Crippen LogP) is -0.686. The summed E-state index contributed by atoms with van der Waals surface area (Å²) in [6, 6.07) is -3.67. The van der Waals surface area contributed by atoms with Crippen LogP contribution in [0.15, 0.2) is 0 Å². The molecule has 0 spiro atoms. The number of unbranched alkanes of at least 4 members (excludes halogenated alkanes) is 1. The molecule has 0 saturated heterocycles. The molecule has 8 N–H and O–H groups in total. The second kappa shape index (κ2) is 13.1. The molecule has 10 heteroatoms. The van der Waals surface area contributed by atoms with Gasteiger partial charge in [-0.1, -0.05) is 34.1 Å². The predicted molar refractivity (Wildman–Crippen MR) is 110 cm³/mol. The van der Waals surface area contributed by atoms with E-state index in [0.717, 1.165) is 6.42 Å². The third kappa shape index (κ3) is 9.71. The molecule has 0 aromatic heterocycles. The lowest BCUT2D eigenvalue weighted by Crippen LogP contribution is -2.59. The van der Waals surface area contributed by atoms with Gasteiger partial charge >= 0.3 is 5.97 Å². The summed E-state index contributed by atoms with van der Waals surface area (Å²) in [5.74, 6) is -3.29. The average Bonchev–Trinajstić information content (AvgIpc) is 2.62. The third-order valence-electron chi connectivity index (χ3n) is 4.53. The SMILES string of the molecule is CC(NC(=O)C(NC(=O)C(NC(=O)C(N)CCCCN)C(C)C)C(C)C)C(=O)O. The zero-order chi connectivity index (χ0) is 22.7. The second-order valence-electron chi connectivity index (χ2n) is 7.92. The van der Waals surface area contributed by atoms with E-state index in [0.29, 0.717) is 19.4 Å². The lowest BCUT2D eigenvalue weighted by molar-refractivity contribution is -0.142. The van der Waals surface area contributed by atoms with E-state index in [1.807, 2.05) is 0 Å². The van der Waals surface area contributed by atoms with Crippen molar-refractivity contribution >= 4 is 23.7 Å². The maximum absolute atomic E-state index is 12.8. The molecule has 0 radical (unpaired) electrons. The lowest BCUT2D eigenvalue weighted by Gasteiger charge is -2.28. The molecule has 0 heterocycles. The first-order valence-corrected chi connectivity index (χ1v) is 10.0. The summed E-state index contributed by atoms with van der Waals surface area (Å²) in [6.45, 7) is 8.84. The molecular formula is C19H37N5O5. The summed E-state index contributed by atoms with van der Waals surface area (Å²) in [5.41, 5.74) is 11.3. The van der Waals surface area contributed by atoms with Gasteiger partial charge in [-0.2, -0.15) is 0 Å². The summed E-state index contributed by atoms with van der Waals surface area (Å²) >= 11 is 0. The van der Waals surface area contributed by atoms with Crippen LogP contribution in [-0.4, -0.2) is 59.5 Å². The number of aliphatic carboxylic acids is 1. The van der Waals surface area contributed by atoms with Crippen LogP contribution in [0.2, 0.25) is 0 Å². The van der Waals surface area contributed by atoms with Crippen LogP contribution in [0.4, 0.5) is 0 Å². The van der Waals surface area contributed by atoms with E-state index in [9.17, 15) is 19.2 Å². The minimum Gasteiger partial charge on any atom is -0.480 e. The van der Waals surface area contributed by atoms with Crippen LogP contribution in [0.1, 0.15) is 53.9 Å². The topological polar surface area (TPSA) is 177 Å². The van der Waals surface area contributed by atoms with Crippen LogP contribution in [0.3, 0.4) is 0 Å². The average molecular weight is 416 g/mol. The molecule has 0 saturated carbocycles. The summed E-state index contributed by atoms with van der Waals surface area (Å²) < 4.78 is 0. The minimum absolute atomic E-state index is 0.246. The Balaban J connectivity index is 5.10. The summed E-state index contributed by atoms with van der Waals surface area (Å²) in [4.78, 5) is 48.5. The maximum atomic E-state index is 12.8. The van der Waals surface area contributed by atoms with Gasteiger partial charge in [-0.25, -0.2) is 0 Å². The van der Waals surface area contributed by atoms with E-state index in [1.54, 1.807) is 27.7 Å². The molecule has 0 fully saturated rings. The Morgan fingerprint density at radius 1 is 0.793 bits per heavy atom. The van der Waals surface area contributed by atoms with Crippen molar-refractivity contribution in [3.8, 4) is 0 Å². The van der Waals surface area contributed by atoms with E-state index in [4.69, 9.17) is 16.6 Å². The van der Waals surface area contributed by atoms with Crippen molar-refractivity contribution in [1.82, 2.24) is 16.0 Å². The molecule has 0 aliphatic rings. The number of carboxylic acid groups (broad SMARTS) is 1. The van der Waals surface area contributed by atoms with Crippen LogP contribution >= 0.6 is 0 Å². The Kier molecular flexibility index (Phi) is 12.1. The molecule has 29 heavy (non-hydrogen) atoms. The lowest BCUT2D eigenvalue weighted by atomic mass is 9.99. The third-order valence-corrected chi connectivity index (χ3v) is 4.53. The van der Waals surface area contributed by atoms with Crippen molar-refractivity contribution in [3.05, 3.63) is 0 Å². The van der Waals surface area contributed by atoms with E-state index in [2.05, 4.69) is 16.0 Å². The Hall–Kier alpha value is -2.20. The molecule has 3 amide bonds. The highest BCUT2D eigenvalue weighted by molar-refractivity contribution is 5.94. The molecule has 0 aromatic carbocycles. The number of carbonyl (C=O) groups is 4. The van der Waals surface area contributed by atoms with Crippen LogP contribution in [-0.2, 0) is 19.2 Å². The molecule has 4 atom stereocenters. The largest absolute Gasteiger partial charge is 0.480 e. The highest BCUT2D eigenvalue weighted by Gasteiger charge is 2.32. The van der Waals surface area contributed by atoms with Gasteiger partial charge in [-0.05, 0) is 38.1 Å². The number of rotatable bonds is 13. The second-order valence-corrected chi connectivity index (χ2v) is 7.92. The fourth-order valence-electron chi connectivity index (χ4n) is 2.58. The fourth-order valence-corrected chi connectivity index (χ4v) is 2.58. The van der Waals surface area contributed by atoms with Gasteiger partial charge in [-0.15, -0.1) is 0 Å². The van der Waals surface area contributed by atoms with Gasteiger partial charge in [0.2, 0.25) is 17.7 Å². The molecular weight excluding hydrogens is 378 g/mol. The first-order chi connectivity index (χ1) is 13.4. The van der Waals surface area contributed by atoms with E-state index >= 15 is 0 Å².